The minimum absolute atomic E-state index is 0.0347. The van der Waals surface area contributed by atoms with Crippen LogP contribution in [0, 0.1) is 5.82 Å². The number of alkyl halides is 2. The van der Waals surface area contributed by atoms with Crippen LogP contribution in [0.15, 0.2) is 22.7 Å². The van der Waals surface area contributed by atoms with E-state index in [4.69, 9.17) is 0 Å². The van der Waals surface area contributed by atoms with E-state index in [-0.39, 0.29) is 5.56 Å². The van der Waals surface area contributed by atoms with Gasteiger partial charge in [0.1, 0.15) is 5.82 Å². The van der Waals surface area contributed by atoms with Crippen LogP contribution < -0.4 is 5.32 Å². The van der Waals surface area contributed by atoms with Crippen molar-refractivity contribution in [2.75, 3.05) is 10.7 Å². The second-order valence-electron chi connectivity index (χ2n) is 3.91. The van der Waals surface area contributed by atoms with Gasteiger partial charge in [0.2, 0.25) is 0 Å². The van der Waals surface area contributed by atoms with Crippen molar-refractivity contribution in [2.45, 2.75) is 12.5 Å². The van der Waals surface area contributed by atoms with Crippen LogP contribution in [0.25, 0.3) is 0 Å². The molecule has 2 nitrogen and oxygen atoms in total. The molecule has 0 aliphatic rings. The Morgan fingerprint density at radius 3 is 2.53 bits per heavy atom. The molecule has 0 unspecified atom stereocenters. The minimum atomic E-state index is -0.530. The average molecular weight is 432 g/mol. The van der Waals surface area contributed by atoms with Gasteiger partial charge in [0.25, 0.3) is 5.91 Å². The van der Waals surface area contributed by atoms with Crippen molar-refractivity contribution >= 4 is 53.7 Å². The summed E-state index contributed by atoms with van der Waals surface area (Å²) in [4.78, 5) is 11.9. The fraction of sp³-hybridized carbons (Fsp3) is 0.364. The molecule has 1 aromatic carbocycles. The lowest BCUT2D eigenvalue weighted by Crippen LogP contribution is -2.49. The first kappa shape index (κ1) is 15.1. The summed E-state index contributed by atoms with van der Waals surface area (Å²) >= 11 is 9.85. The molecule has 0 saturated carbocycles. The molecular weight excluding hydrogens is 421 g/mol. The van der Waals surface area contributed by atoms with Crippen molar-refractivity contribution < 1.29 is 9.18 Å². The summed E-state index contributed by atoms with van der Waals surface area (Å²) in [6, 6.07) is 4.28. The van der Waals surface area contributed by atoms with E-state index in [2.05, 4.69) is 53.1 Å². The molecule has 17 heavy (non-hydrogen) atoms. The summed E-state index contributed by atoms with van der Waals surface area (Å²) in [5.74, 6) is -0.956. The lowest BCUT2D eigenvalue weighted by atomic mass is 10.1. The molecule has 0 saturated heterocycles. The molecule has 6 heteroatoms. The van der Waals surface area contributed by atoms with Crippen LogP contribution in [0.5, 0.6) is 0 Å². The first-order valence-electron chi connectivity index (χ1n) is 4.81. The van der Waals surface area contributed by atoms with Crippen LogP contribution in [0.4, 0.5) is 4.39 Å². The highest BCUT2D eigenvalue weighted by Crippen LogP contribution is 2.18. The van der Waals surface area contributed by atoms with Gasteiger partial charge in [-0.05, 0) is 25.1 Å². The zero-order chi connectivity index (χ0) is 13.1. The van der Waals surface area contributed by atoms with E-state index in [1.54, 1.807) is 6.07 Å². The van der Waals surface area contributed by atoms with Crippen molar-refractivity contribution in [3.63, 3.8) is 0 Å². The molecule has 0 atom stereocenters. The van der Waals surface area contributed by atoms with Gasteiger partial charge in [-0.3, -0.25) is 4.79 Å². The molecule has 0 aromatic heterocycles. The maximum Gasteiger partial charge on any atom is 0.254 e. The number of halogens is 4. The quantitative estimate of drug-likeness (QED) is 0.720. The third-order valence-corrected chi connectivity index (χ3v) is 5.15. The largest absolute Gasteiger partial charge is 0.345 e. The molecule has 0 bridgehead atoms. The van der Waals surface area contributed by atoms with Crippen LogP contribution in [0.1, 0.15) is 17.3 Å². The lowest BCUT2D eigenvalue weighted by Gasteiger charge is -2.26. The highest BCUT2D eigenvalue weighted by molar-refractivity contribution is 9.10. The number of carbonyl (C=O) groups is 1. The topological polar surface area (TPSA) is 29.1 Å². The summed E-state index contributed by atoms with van der Waals surface area (Å²) in [6.07, 6.45) is 0. The summed E-state index contributed by atoms with van der Waals surface area (Å²) in [7, 11) is 0. The van der Waals surface area contributed by atoms with Crippen molar-refractivity contribution in [3.8, 4) is 0 Å². The maximum absolute atomic E-state index is 13.5. The zero-order valence-electron chi connectivity index (χ0n) is 9.07. The number of amides is 1. The summed E-state index contributed by atoms with van der Waals surface area (Å²) < 4.78 is 14.2. The second-order valence-corrected chi connectivity index (χ2v) is 5.94. The predicted octanol–water partition coefficient (Wildman–Crippen LogP) is 3.87. The Bertz CT molecular complexity index is 421. The molecule has 1 aromatic rings. The molecule has 1 amide bonds. The first-order valence-corrected chi connectivity index (χ1v) is 7.85. The van der Waals surface area contributed by atoms with Gasteiger partial charge in [0.15, 0.2) is 0 Å². The minimum Gasteiger partial charge on any atom is -0.345 e. The standard InChI is InChI=1S/C11H11Br3FNO/c1-11(5-12,6-13)16-10(17)8-4-7(14)2-3-9(8)15/h2-4H,5-6H2,1H3,(H,16,17). The third kappa shape index (κ3) is 4.03. The first-order chi connectivity index (χ1) is 7.91. The van der Waals surface area contributed by atoms with Crippen molar-refractivity contribution in [2.24, 2.45) is 0 Å². The number of hydrogen-bond donors (Lipinski definition) is 1. The Hall–Kier alpha value is 0.0600. The SMILES string of the molecule is CC(CBr)(CBr)NC(=O)c1cc(Br)ccc1F. The van der Waals surface area contributed by atoms with Crippen molar-refractivity contribution in [1.82, 2.24) is 5.32 Å². The van der Waals surface area contributed by atoms with Crippen LogP contribution in [-0.4, -0.2) is 22.1 Å². The number of rotatable bonds is 4. The smallest absolute Gasteiger partial charge is 0.254 e. The second kappa shape index (κ2) is 6.29. The van der Waals surface area contributed by atoms with Gasteiger partial charge in [-0.2, -0.15) is 0 Å². The van der Waals surface area contributed by atoms with E-state index in [0.717, 1.165) is 0 Å². The molecule has 0 spiro atoms. The Morgan fingerprint density at radius 1 is 1.41 bits per heavy atom. The third-order valence-electron chi connectivity index (χ3n) is 2.18. The van der Waals surface area contributed by atoms with Crippen LogP contribution in [0.3, 0.4) is 0 Å². The molecule has 0 aliphatic heterocycles. The Morgan fingerprint density at radius 2 is 2.00 bits per heavy atom. The van der Waals surface area contributed by atoms with Crippen LogP contribution in [-0.2, 0) is 0 Å². The van der Waals surface area contributed by atoms with Gasteiger partial charge in [0, 0.05) is 15.1 Å². The van der Waals surface area contributed by atoms with Crippen LogP contribution >= 0.6 is 47.8 Å². The molecule has 0 radical (unpaired) electrons. The van der Waals surface area contributed by atoms with E-state index in [0.29, 0.717) is 15.1 Å². The van der Waals surface area contributed by atoms with Gasteiger partial charge < -0.3 is 5.32 Å². The summed E-state index contributed by atoms with van der Waals surface area (Å²) in [5, 5.41) is 3.94. The van der Waals surface area contributed by atoms with E-state index in [9.17, 15) is 9.18 Å². The van der Waals surface area contributed by atoms with E-state index in [1.165, 1.54) is 12.1 Å². The van der Waals surface area contributed by atoms with Crippen molar-refractivity contribution in [1.29, 1.82) is 0 Å². The van der Waals surface area contributed by atoms with Crippen LogP contribution in [0.2, 0.25) is 0 Å². The van der Waals surface area contributed by atoms with Crippen molar-refractivity contribution in [3.05, 3.63) is 34.1 Å². The van der Waals surface area contributed by atoms with Gasteiger partial charge in [-0.25, -0.2) is 4.39 Å². The highest BCUT2D eigenvalue weighted by Gasteiger charge is 2.25. The summed E-state index contributed by atoms with van der Waals surface area (Å²) in [5.41, 5.74) is -0.418. The number of carbonyl (C=O) groups excluding carboxylic acids is 1. The van der Waals surface area contributed by atoms with E-state index >= 15 is 0 Å². The highest BCUT2D eigenvalue weighted by atomic mass is 79.9. The Kier molecular flexibility index (Phi) is 5.60. The molecule has 1 rings (SSSR count). The van der Waals surface area contributed by atoms with Gasteiger partial charge in [-0.15, -0.1) is 0 Å². The zero-order valence-corrected chi connectivity index (χ0v) is 13.8. The molecule has 0 aliphatic carbocycles. The molecule has 0 fully saturated rings. The normalized spacial score (nSPS) is 11.4. The van der Waals surface area contributed by atoms with E-state index in [1.807, 2.05) is 6.92 Å². The summed E-state index contributed by atoms with van der Waals surface area (Å²) in [6.45, 7) is 1.87. The Balaban J connectivity index is 2.94. The Labute approximate surface area is 125 Å². The van der Waals surface area contributed by atoms with Gasteiger partial charge in [0.05, 0.1) is 11.1 Å². The fourth-order valence-electron chi connectivity index (χ4n) is 1.12. The van der Waals surface area contributed by atoms with Gasteiger partial charge >= 0.3 is 0 Å². The number of hydrogen-bond acceptors (Lipinski definition) is 1. The molecular formula is C11H11Br3FNO. The molecule has 94 valence electrons. The maximum atomic E-state index is 13.5. The number of nitrogens with one attached hydrogen (secondary N) is 1. The monoisotopic (exact) mass is 429 g/mol. The van der Waals surface area contributed by atoms with E-state index < -0.39 is 17.3 Å². The molecule has 0 heterocycles. The fourth-order valence-corrected chi connectivity index (χ4v) is 2.69. The lowest BCUT2D eigenvalue weighted by molar-refractivity contribution is 0.0919. The molecule has 1 N–H and O–H groups in total. The van der Waals surface area contributed by atoms with Gasteiger partial charge in [-0.1, -0.05) is 47.8 Å². The number of benzene rings is 1. The predicted molar refractivity (Wildman–Crippen MR) is 77.6 cm³/mol. The average Bonchev–Trinajstić information content (AvgIpc) is 2.32.